The molecule has 0 bridgehead atoms. The molecule has 0 saturated carbocycles. The Labute approximate surface area is 171 Å². The highest BCUT2D eigenvalue weighted by Crippen LogP contribution is 2.31. The highest BCUT2D eigenvalue weighted by molar-refractivity contribution is 6.08. The predicted octanol–water partition coefficient (Wildman–Crippen LogP) is 4.53. The Bertz CT molecular complexity index is 1210. The van der Waals surface area contributed by atoms with Gasteiger partial charge in [0.15, 0.2) is 5.82 Å². The van der Waals surface area contributed by atoms with E-state index in [0.717, 1.165) is 18.4 Å². The lowest BCUT2D eigenvalue weighted by molar-refractivity contribution is 0.0985. The molecule has 1 aliphatic rings. The summed E-state index contributed by atoms with van der Waals surface area (Å²) in [6.07, 6.45) is 6.75. The Morgan fingerprint density at radius 3 is 2.47 bits per heavy atom. The molecule has 5 nitrogen and oxygen atoms in total. The summed E-state index contributed by atoms with van der Waals surface area (Å²) in [6.45, 7) is 0.502. The maximum atomic E-state index is 13.9. The molecule has 0 atom stereocenters. The number of carbonyl (C=O) groups excluding carboxylic acids is 1. The van der Waals surface area contributed by atoms with E-state index in [2.05, 4.69) is 5.10 Å². The minimum Gasteiger partial charge on any atom is -0.308 e. The number of nitrogens with zero attached hydrogens (tertiary/aromatic N) is 4. The average Bonchev–Trinajstić information content (AvgIpc) is 3.43. The fourth-order valence-corrected chi connectivity index (χ4v) is 3.89. The van der Waals surface area contributed by atoms with Crippen LogP contribution in [0.5, 0.6) is 0 Å². The normalized spacial score (nSPS) is 13.3. The Kier molecular flexibility index (Phi) is 4.43. The third-order valence-electron chi connectivity index (χ3n) is 5.31. The van der Waals surface area contributed by atoms with Gasteiger partial charge in [0.1, 0.15) is 17.2 Å². The Balaban J connectivity index is 1.63. The third kappa shape index (κ3) is 3.08. The van der Waals surface area contributed by atoms with Gasteiger partial charge in [0.2, 0.25) is 0 Å². The van der Waals surface area contributed by atoms with Crippen molar-refractivity contribution in [3.63, 3.8) is 0 Å². The van der Waals surface area contributed by atoms with E-state index in [1.54, 1.807) is 32.3 Å². The van der Waals surface area contributed by atoms with Crippen LogP contribution in [0.1, 0.15) is 22.3 Å². The largest absolute Gasteiger partial charge is 0.308 e. The molecule has 0 N–H and O–H groups in total. The van der Waals surface area contributed by atoms with Crippen LogP contribution in [0.4, 0.5) is 14.5 Å². The van der Waals surface area contributed by atoms with Crippen LogP contribution in [0.3, 0.4) is 0 Å². The van der Waals surface area contributed by atoms with Crippen molar-refractivity contribution in [2.24, 2.45) is 0 Å². The number of fused-ring (bicyclic) bond motifs is 1. The van der Waals surface area contributed by atoms with Crippen LogP contribution in [0.2, 0.25) is 0 Å². The number of amides is 1. The van der Waals surface area contributed by atoms with Crippen molar-refractivity contribution in [3.05, 3.63) is 95.9 Å². The third-order valence-corrected chi connectivity index (χ3v) is 5.31. The van der Waals surface area contributed by atoms with E-state index in [1.165, 1.54) is 30.5 Å². The first kappa shape index (κ1) is 18.3. The van der Waals surface area contributed by atoms with Gasteiger partial charge in [-0.1, -0.05) is 6.07 Å². The minimum absolute atomic E-state index is 0.251. The lowest BCUT2D eigenvalue weighted by atomic mass is 10.0. The summed E-state index contributed by atoms with van der Waals surface area (Å²) in [4.78, 5) is 15.2. The second-order valence-corrected chi connectivity index (χ2v) is 7.19. The van der Waals surface area contributed by atoms with Gasteiger partial charge in [-0.2, -0.15) is 5.10 Å². The van der Waals surface area contributed by atoms with Gasteiger partial charge in [0.05, 0.1) is 17.6 Å². The van der Waals surface area contributed by atoms with Gasteiger partial charge in [0.25, 0.3) is 5.91 Å². The molecule has 1 amide bonds. The zero-order valence-corrected chi connectivity index (χ0v) is 16.0. The van der Waals surface area contributed by atoms with Gasteiger partial charge in [-0.05, 0) is 66.9 Å². The minimum atomic E-state index is -0.374. The van der Waals surface area contributed by atoms with Crippen LogP contribution in [0.25, 0.3) is 11.5 Å². The van der Waals surface area contributed by atoms with Crippen molar-refractivity contribution >= 4 is 11.6 Å². The molecule has 2 aromatic heterocycles. The first-order valence-electron chi connectivity index (χ1n) is 9.69. The molecular weight excluding hydrogens is 386 g/mol. The summed E-state index contributed by atoms with van der Waals surface area (Å²) >= 11 is 0. The number of benzene rings is 2. The molecular formula is C23H18F2N4O. The molecule has 0 aliphatic carbocycles. The summed E-state index contributed by atoms with van der Waals surface area (Å²) in [5.41, 5.74) is 2.56. The number of hydrogen-bond acceptors (Lipinski definition) is 2. The summed E-state index contributed by atoms with van der Waals surface area (Å²) in [6, 6.07) is 14.2. The number of anilines is 1. The number of halogens is 2. The van der Waals surface area contributed by atoms with Gasteiger partial charge in [0, 0.05) is 18.9 Å². The maximum Gasteiger partial charge on any atom is 0.263 e. The van der Waals surface area contributed by atoms with Gasteiger partial charge in [-0.3, -0.25) is 4.79 Å². The smallest absolute Gasteiger partial charge is 0.263 e. The number of carbonyl (C=O) groups is 1. The Morgan fingerprint density at radius 2 is 1.70 bits per heavy atom. The monoisotopic (exact) mass is 404 g/mol. The molecule has 1 aliphatic heterocycles. The van der Waals surface area contributed by atoms with Gasteiger partial charge in [-0.25, -0.2) is 13.5 Å². The molecule has 0 radical (unpaired) electrons. The molecule has 5 rings (SSSR count). The van der Waals surface area contributed by atoms with Crippen LogP contribution in [0, 0.1) is 11.6 Å². The van der Waals surface area contributed by atoms with E-state index < -0.39 is 0 Å². The van der Waals surface area contributed by atoms with E-state index in [-0.39, 0.29) is 17.5 Å². The Hall–Kier alpha value is -3.74. The van der Waals surface area contributed by atoms with Crippen LogP contribution in [-0.4, -0.2) is 26.8 Å². The van der Waals surface area contributed by atoms with E-state index in [4.69, 9.17) is 0 Å². The van der Waals surface area contributed by atoms with E-state index >= 15 is 0 Å². The molecule has 2 aromatic carbocycles. The number of aryl methyl sites for hydroxylation is 1. The zero-order chi connectivity index (χ0) is 20.7. The molecule has 0 unspecified atom stereocenters. The van der Waals surface area contributed by atoms with E-state index in [0.29, 0.717) is 29.3 Å². The highest BCUT2D eigenvalue weighted by atomic mass is 19.1. The van der Waals surface area contributed by atoms with Crippen molar-refractivity contribution in [3.8, 4) is 11.5 Å². The predicted molar refractivity (Wildman–Crippen MR) is 109 cm³/mol. The van der Waals surface area contributed by atoms with Crippen LogP contribution >= 0.6 is 0 Å². The summed E-state index contributed by atoms with van der Waals surface area (Å²) in [5.74, 6) is -0.434. The molecule has 0 saturated heterocycles. The summed E-state index contributed by atoms with van der Waals surface area (Å²) < 4.78 is 30.7. The Morgan fingerprint density at radius 1 is 0.967 bits per heavy atom. The second-order valence-electron chi connectivity index (χ2n) is 7.19. The van der Waals surface area contributed by atoms with Crippen molar-refractivity contribution in [1.82, 2.24) is 14.3 Å². The molecule has 30 heavy (non-hydrogen) atoms. The van der Waals surface area contributed by atoms with Crippen molar-refractivity contribution in [2.45, 2.75) is 12.8 Å². The molecule has 7 heteroatoms. The van der Waals surface area contributed by atoms with Crippen molar-refractivity contribution in [1.29, 1.82) is 0 Å². The summed E-state index contributed by atoms with van der Waals surface area (Å²) in [7, 11) is 0. The topological polar surface area (TPSA) is 43.1 Å². The number of hydrogen-bond donors (Lipinski definition) is 0. The maximum absolute atomic E-state index is 13.9. The van der Waals surface area contributed by atoms with Crippen LogP contribution in [0.15, 0.2) is 73.2 Å². The second kappa shape index (κ2) is 7.26. The fraction of sp³-hybridized carbons (Fsp3) is 0.130. The molecule has 0 spiro atoms. The molecule has 3 heterocycles. The van der Waals surface area contributed by atoms with E-state index in [9.17, 15) is 13.6 Å². The van der Waals surface area contributed by atoms with Crippen LogP contribution < -0.4 is 4.90 Å². The molecule has 150 valence electrons. The number of aromatic nitrogens is 3. The first-order chi connectivity index (χ1) is 14.6. The molecule has 4 aromatic rings. The standard InChI is InChI=1S/C23H18F2N4O/c24-17-7-9-19(10-8-17)29-22(27-11-1-2-12-27)20(15-26-29)23(30)28-13-3-4-16-5-6-18(25)14-21(16)28/h1-2,5-12,14-15H,3-4,13H2. The van der Waals surface area contributed by atoms with Crippen molar-refractivity contribution < 1.29 is 13.6 Å². The van der Waals surface area contributed by atoms with Gasteiger partial charge in [-0.15, -0.1) is 0 Å². The number of rotatable bonds is 3. The van der Waals surface area contributed by atoms with Crippen LogP contribution in [-0.2, 0) is 6.42 Å². The lowest BCUT2D eigenvalue weighted by Crippen LogP contribution is -2.36. The van der Waals surface area contributed by atoms with E-state index in [1.807, 2.05) is 24.5 Å². The van der Waals surface area contributed by atoms with Crippen molar-refractivity contribution in [2.75, 3.05) is 11.4 Å². The average molecular weight is 404 g/mol. The SMILES string of the molecule is O=C(c1cnn(-c2ccc(F)cc2)c1-n1cccc1)N1CCCc2ccc(F)cc21. The molecule has 0 fully saturated rings. The lowest BCUT2D eigenvalue weighted by Gasteiger charge is -2.29. The zero-order valence-electron chi connectivity index (χ0n) is 16.0. The highest BCUT2D eigenvalue weighted by Gasteiger charge is 2.28. The fourth-order valence-electron chi connectivity index (χ4n) is 3.89. The first-order valence-corrected chi connectivity index (χ1v) is 9.69. The quantitative estimate of drug-likeness (QED) is 0.503. The van der Waals surface area contributed by atoms with Gasteiger partial charge >= 0.3 is 0 Å². The summed E-state index contributed by atoms with van der Waals surface area (Å²) in [5, 5.41) is 4.41. The van der Waals surface area contributed by atoms with Gasteiger partial charge < -0.3 is 9.47 Å².